The van der Waals surface area contributed by atoms with Crippen LogP contribution in [0.4, 0.5) is 0 Å². The van der Waals surface area contributed by atoms with Crippen molar-refractivity contribution in [3.8, 4) is 0 Å². The lowest BCUT2D eigenvalue weighted by Gasteiger charge is -2.46. The molecule has 3 nitrogen and oxygen atoms in total. The maximum atomic E-state index is 12.3. The smallest absolute Gasteiger partial charge is 0.309 e. The molecule has 0 aromatic heterocycles. The molecule has 2 aliphatic heterocycles. The van der Waals surface area contributed by atoms with Crippen LogP contribution in [0.3, 0.4) is 0 Å². The number of hydrogen-bond donors (Lipinski definition) is 1. The highest BCUT2D eigenvalue weighted by Crippen LogP contribution is 2.53. The highest BCUT2D eigenvalue weighted by Gasteiger charge is 2.53. The van der Waals surface area contributed by atoms with E-state index in [1.165, 1.54) is 44.9 Å². The predicted octanol–water partition coefficient (Wildman–Crippen LogP) is 4.08. The van der Waals surface area contributed by atoms with Crippen LogP contribution in [0.1, 0.15) is 65.2 Å². The lowest BCUT2D eigenvalue weighted by Crippen LogP contribution is -2.43. The minimum Gasteiger partial charge on any atom is -0.462 e. The Balaban J connectivity index is 1.55. The molecule has 8 atom stereocenters. The van der Waals surface area contributed by atoms with Crippen LogP contribution in [-0.4, -0.2) is 24.2 Å². The Morgan fingerprint density at radius 1 is 1.04 bits per heavy atom. The second-order valence-electron chi connectivity index (χ2n) is 8.84. The minimum atomic E-state index is 0.0827. The van der Waals surface area contributed by atoms with Crippen molar-refractivity contribution < 1.29 is 9.53 Å². The van der Waals surface area contributed by atoms with Gasteiger partial charge in [-0.3, -0.25) is 4.79 Å². The first-order valence-electron chi connectivity index (χ1n) is 10.3. The van der Waals surface area contributed by atoms with Gasteiger partial charge in [0, 0.05) is 18.0 Å². The normalized spacial score (nSPS) is 48.8. The van der Waals surface area contributed by atoms with Crippen LogP contribution in [0, 0.1) is 29.6 Å². The molecule has 0 unspecified atom stereocenters. The molecule has 0 aromatic carbocycles. The molecule has 134 valence electrons. The summed E-state index contributed by atoms with van der Waals surface area (Å²) >= 11 is 0. The van der Waals surface area contributed by atoms with Gasteiger partial charge in [-0.25, -0.2) is 0 Å². The molecule has 0 radical (unpaired) electrons. The van der Waals surface area contributed by atoms with Gasteiger partial charge in [0.1, 0.15) is 6.10 Å². The number of ether oxygens (including phenoxy) is 1. The van der Waals surface area contributed by atoms with Gasteiger partial charge < -0.3 is 10.1 Å². The number of rotatable bonds is 2. The summed E-state index contributed by atoms with van der Waals surface area (Å²) in [6.07, 6.45) is 15.4. The average Bonchev–Trinajstić information content (AvgIpc) is 2.86. The van der Waals surface area contributed by atoms with Gasteiger partial charge in [-0.2, -0.15) is 0 Å². The second-order valence-corrected chi connectivity index (χ2v) is 8.84. The highest BCUT2D eigenvalue weighted by molar-refractivity contribution is 5.75. The van der Waals surface area contributed by atoms with Crippen molar-refractivity contribution in [2.45, 2.75) is 83.4 Å². The molecule has 2 aliphatic carbocycles. The number of carbonyl (C=O) groups excluding carboxylic acids is 1. The molecule has 0 aromatic rings. The molecule has 1 N–H and O–H groups in total. The molecular weight excluding hydrogens is 298 g/mol. The molecule has 0 spiro atoms. The largest absolute Gasteiger partial charge is 0.462 e. The van der Waals surface area contributed by atoms with Crippen molar-refractivity contribution in [1.82, 2.24) is 5.32 Å². The number of carbonyl (C=O) groups is 1. The third kappa shape index (κ3) is 3.05. The van der Waals surface area contributed by atoms with E-state index in [0.717, 1.165) is 18.3 Å². The first kappa shape index (κ1) is 16.6. The second kappa shape index (κ2) is 6.82. The van der Waals surface area contributed by atoms with Gasteiger partial charge in [0.15, 0.2) is 0 Å². The Morgan fingerprint density at radius 3 is 2.71 bits per heavy atom. The lowest BCUT2D eigenvalue weighted by atomic mass is 9.57. The molecule has 0 amide bonds. The molecule has 4 rings (SSSR count). The van der Waals surface area contributed by atoms with Crippen LogP contribution < -0.4 is 5.32 Å². The quantitative estimate of drug-likeness (QED) is 0.612. The van der Waals surface area contributed by atoms with E-state index in [9.17, 15) is 4.79 Å². The number of nitrogens with one attached hydrogen (secondary N) is 1. The molecule has 24 heavy (non-hydrogen) atoms. The van der Waals surface area contributed by atoms with Crippen molar-refractivity contribution >= 4 is 5.97 Å². The molecular formula is C21H33NO2. The Bertz CT molecular complexity index is 502. The monoisotopic (exact) mass is 331 g/mol. The van der Waals surface area contributed by atoms with Crippen LogP contribution >= 0.6 is 0 Å². The van der Waals surface area contributed by atoms with E-state index in [2.05, 4.69) is 31.3 Å². The van der Waals surface area contributed by atoms with Gasteiger partial charge in [-0.15, -0.1) is 0 Å². The van der Waals surface area contributed by atoms with Crippen molar-refractivity contribution in [1.29, 1.82) is 0 Å². The fraction of sp³-hybridized carbons (Fsp3) is 0.857. The van der Waals surface area contributed by atoms with Crippen molar-refractivity contribution in [3.63, 3.8) is 0 Å². The van der Waals surface area contributed by atoms with E-state index in [4.69, 9.17) is 4.74 Å². The fourth-order valence-electron chi connectivity index (χ4n) is 6.18. The number of cyclic esters (lactones) is 1. The predicted molar refractivity (Wildman–Crippen MR) is 95.5 cm³/mol. The first-order valence-corrected chi connectivity index (χ1v) is 10.3. The summed E-state index contributed by atoms with van der Waals surface area (Å²) in [4.78, 5) is 12.3. The van der Waals surface area contributed by atoms with Gasteiger partial charge in [0.2, 0.25) is 0 Å². The zero-order chi connectivity index (χ0) is 16.7. The van der Waals surface area contributed by atoms with Crippen LogP contribution in [0.15, 0.2) is 12.2 Å². The van der Waals surface area contributed by atoms with Gasteiger partial charge in [0.25, 0.3) is 0 Å². The Morgan fingerprint density at radius 2 is 1.88 bits per heavy atom. The van der Waals surface area contributed by atoms with Gasteiger partial charge >= 0.3 is 5.97 Å². The van der Waals surface area contributed by atoms with Crippen LogP contribution in [0.25, 0.3) is 0 Å². The van der Waals surface area contributed by atoms with Gasteiger partial charge in [0.05, 0.1) is 5.92 Å². The Hall–Kier alpha value is -0.830. The number of esters is 1. The Labute approximate surface area is 146 Å². The van der Waals surface area contributed by atoms with E-state index < -0.39 is 0 Å². The third-order valence-electron chi connectivity index (χ3n) is 7.29. The summed E-state index contributed by atoms with van der Waals surface area (Å²) in [6, 6.07) is 1.15. The molecule has 3 heteroatoms. The molecule has 2 heterocycles. The van der Waals surface area contributed by atoms with E-state index in [-0.39, 0.29) is 18.0 Å². The summed E-state index contributed by atoms with van der Waals surface area (Å²) in [7, 11) is 0. The topological polar surface area (TPSA) is 38.3 Å². The maximum absolute atomic E-state index is 12.3. The lowest BCUT2D eigenvalue weighted by molar-refractivity contribution is -0.144. The number of piperidine rings is 1. The van der Waals surface area contributed by atoms with Gasteiger partial charge in [-0.05, 0) is 57.3 Å². The standard InChI is InChI=1S/C21H33NO2/c1-13-6-5-8-16(22-13)10-11-18-17-9-4-3-7-15(17)12-19-20(18)14(2)24-21(19)23/h10-11,13-20,22H,3-9,12H2,1-2H3/b11-10+/t13-,14+,15+,16+,17-,18+,19-,20+/m0/s1. The van der Waals surface area contributed by atoms with E-state index in [1.807, 2.05) is 0 Å². The van der Waals surface area contributed by atoms with E-state index in [1.54, 1.807) is 0 Å². The summed E-state index contributed by atoms with van der Waals surface area (Å²) in [5.74, 6) is 2.70. The SMILES string of the molecule is C[C@H]1CCC[C@H](/C=C/[C@@H]2[C@H]3CCCC[C@@H]3C[C@@H]3C(=O)O[C@H](C)[C@H]23)N1. The highest BCUT2D eigenvalue weighted by atomic mass is 16.6. The number of allylic oxidation sites excluding steroid dienone is 1. The van der Waals surface area contributed by atoms with Crippen LogP contribution in [0.5, 0.6) is 0 Å². The minimum absolute atomic E-state index is 0.0827. The number of hydrogen-bond acceptors (Lipinski definition) is 3. The average molecular weight is 332 g/mol. The summed E-state index contributed by atoms with van der Waals surface area (Å²) < 4.78 is 5.66. The van der Waals surface area contributed by atoms with Crippen molar-refractivity contribution in [2.75, 3.05) is 0 Å². The van der Waals surface area contributed by atoms with Gasteiger partial charge in [-0.1, -0.05) is 37.8 Å². The molecule has 4 aliphatic rings. The summed E-state index contributed by atoms with van der Waals surface area (Å²) in [5.41, 5.74) is 0. The molecule has 4 fully saturated rings. The van der Waals surface area contributed by atoms with E-state index in [0.29, 0.717) is 23.9 Å². The Kier molecular flexibility index (Phi) is 4.73. The van der Waals surface area contributed by atoms with Crippen molar-refractivity contribution in [2.24, 2.45) is 29.6 Å². The first-order chi connectivity index (χ1) is 11.6. The van der Waals surface area contributed by atoms with Crippen LogP contribution in [-0.2, 0) is 9.53 Å². The molecule has 0 bridgehead atoms. The molecule has 2 saturated carbocycles. The molecule has 2 saturated heterocycles. The van der Waals surface area contributed by atoms with Crippen LogP contribution in [0.2, 0.25) is 0 Å². The van der Waals surface area contributed by atoms with E-state index >= 15 is 0 Å². The summed E-state index contributed by atoms with van der Waals surface area (Å²) in [6.45, 7) is 4.41. The zero-order valence-corrected chi connectivity index (χ0v) is 15.2. The maximum Gasteiger partial charge on any atom is 0.309 e. The summed E-state index contributed by atoms with van der Waals surface area (Å²) in [5, 5.41) is 3.72. The zero-order valence-electron chi connectivity index (χ0n) is 15.2. The van der Waals surface area contributed by atoms with Crippen molar-refractivity contribution in [3.05, 3.63) is 12.2 Å². The fourth-order valence-corrected chi connectivity index (χ4v) is 6.18. The third-order valence-corrected chi connectivity index (χ3v) is 7.29. The number of fused-ring (bicyclic) bond motifs is 2.